The van der Waals surface area contributed by atoms with Crippen LogP contribution >= 0.6 is 0 Å². The zero-order chi connectivity index (χ0) is 28.9. The minimum atomic E-state index is -2.16. The highest BCUT2D eigenvalue weighted by atomic mass is 28.4. The average Bonchev–Trinajstić information content (AvgIpc) is 3.43. The van der Waals surface area contributed by atoms with E-state index in [1.54, 1.807) is 19.0 Å². The van der Waals surface area contributed by atoms with E-state index < -0.39 is 28.5 Å². The van der Waals surface area contributed by atoms with Gasteiger partial charge in [-0.1, -0.05) is 55.4 Å². The van der Waals surface area contributed by atoms with Crippen LogP contribution in [0.25, 0.3) is 0 Å². The van der Waals surface area contributed by atoms with Crippen molar-refractivity contribution in [2.24, 2.45) is 11.8 Å². The summed E-state index contributed by atoms with van der Waals surface area (Å²) in [4.78, 5) is 14.3. The third-order valence-electron chi connectivity index (χ3n) is 9.15. The Bertz CT molecular complexity index is 801. The Hall–Kier alpha value is -0.296. The van der Waals surface area contributed by atoms with E-state index in [0.29, 0.717) is 6.61 Å². The van der Waals surface area contributed by atoms with Gasteiger partial charge in [-0.2, -0.15) is 0 Å². The topological polar surface area (TPSA) is 69.8 Å². The Morgan fingerprint density at radius 2 is 1.43 bits per heavy atom. The smallest absolute Gasteiger partial charge is 0.253 e. The standard InChI is InChI=1S/C28H57NO6Si2/c1-18(22(20-17-31-28(9,10)33-20)35-37(15,16)27(6,7)8)21(34-36(13,14)26(3,4)5)19(2)23-24(32-23)25(30)29(11)12/h18-24H,17H2,1-16H3/t18-,19+,20+,21+,22-,23+,24-/m0/s1. The van der Waals surface area contributed by atoms with Crippen LogP contribution in [0.15, 0.2) is 0 Å². The Labute approximate surface area is 229 Å². The molecule has 9 heteroatoms. The van der Waals surface area contributed by atoms with Gasteiger partial charge >= 0.3 is 0 Å². The third kappa shape index (κ3) is 7.67. The van der Waals surface area contributed by atoms with E-state index in [2.05, 4.69) is 81.6 Å². The second-order valence-corrected chi connectivity index (χ2v) is 24.5. The molecule has 0 aliphatic carbocycles. The van der Waals surface area contributed by atoms with Gasteiger partial charge < -0.3 is 28.0 Å². The predicted octanol–water partition coefficient (Wildman–Crippen LogP) is 6.05. The number of nitrogens with zero attached hydrogens (tertiary/aromatic N) is 1. The Morgan fingerprint density at radius 1 is 0.946 bits per heavy atom. The minimum Gasteiger partial charge on any atom is -0.413 e. The van der Waals surface area contributed by atoms with Gasteiger partial charge in [-0.15, -0.1) is 0 Å². The van der Waals surface area contributed by atoms with Crippen molar-refractivity contribution in [1.29, 1.82) is 0 Å². The normalized spacial score (nSPS) is 27.9. The lowest BCUT2D eigenvalue weighted by Crippen LogP contribution is -2.56. The van der Waals surface area contributed by atoms with E-state index in [-0.39, 0.29) is 52.2 Å². The maximum absolute atomic E-state index is 12.7. The molecule has 2 fully saturated rings. The Balaban J connectivity index is 2.47. The minimum absolute atomic E-state index is 0.0000539. The number of carbonyl (C=O) groups excluding carboxylic acids is 1. The van der Waals surface area contributed by atoms with Gasteiger partial charge in [0.05, 0.1) is 24.9 Å². The van der Waals surface area contributed by atoms with Crippen LogP contribution in [0.1, 0.15) is 69.2 Å². The van der Waals surface area contributed by atoms with E-state index in [0.717, 1.165) is 0 Å². The maximum atomic E-state index is 12.7. The van der Waals surface area contributed by atoms with Crippen LogP contribution in [0.4, 0.5) is 0 Å². The summed E-state index contributed by atoms with van der Waals surface area (Å²) in [5, 5.41) is 0.0862. The fourth-order valence-electron chi connectivity index (χ4n) is 4.48. The molecule has 0 N–H and O–H groups in total. The fraction of sp³-hybridized carbons (Fsp3) is 0.964. The van der Waals surface area contributed by atoms with Crippen molar-refractivity contribution in [2.45, 2.75) is 142 Å². The van der Waals surface area contributed by atoms with Crippen molar-refractivity contribution in [3.05, 3.63) is 0 Å². The van der Waals surface area contributed by atoms with Crippen molar-refractivity contribution in [3.63, 3.8) is 0 Å². The lowest BCUT2D eigenvalue weighted by Gasteiger charge is -2.47. The van der Waals surface area contributed by atoms with Crippen LogP contribution in [0.5, 0.6) is 0 Å². The summed E-state index contributed by atoms with van der Waals surface area (Å²) in [5.74, 6) is -0.623. The summed E-state index contributed by atoms with van der Waals surface area (Å²) in [5.41, 5.74) is 0. The summed E-state index contributed by atoms with van der Waals surface area (Å²) >= 11 is 0. The average molecular weight is 560 g/mol. The number of likely N-dealkylation sites (N-methyl/N-ethyl adjacent to an activating group) is 1. The van der Waals surface area contributed by atoms with Crippen molar-refractivity contribution in [2.75, 3.05) is 20.7 Å². The van der Waals surface area contributed by atoms with Crippen LogP contribution in [0.2, 0.25) is 36.3 Å². The quantitative estimate of drug-likeness (QED) is 0.240. The van der Waals surface area contributed by atoms with E-state index in [1.165, 1.54) is 0 Å². The van der Waals surface area contributed by atoms with Gasteiger partial charge in [-0.3, -0.25) is 4.79 Å². The zero-order valence-electron chi connectivity index (χ0n) is 26.6. The lowest BCUT2D eigenvalue weighted by atomic mass is 9.85. The van der Waals surface area contributed by atoms with Crippen LogP contribution in [0.3, 0.4) is 0 Å². The molecule has 2 rings (SSSR count). The number of hydrogen-bond acceptors (Lipinski definition) is 6. The van der Waals surface area contributed by atoms with Crippen molar-refractivity contribution in [3.8, 4) is 0 Å². The third-order valence-corrected chi connectivity index (χ3v) is 18.1. The molecule has 0 aromatic rings. The molecule has 0 aromatic heterocycles. The molecular weight excluding hydrogens is 502 g/mol. The summed E-state index contributed by atoms with van der Waals surface area (Å²) < 4.78 is 32.7. The SMILES string of the molecule is C[C@H]([C@H](O[Si](C)(C)C(C)(C)C)[C@H](C)[C@H](O[Si](C)(C)C(C)(C)C)[C@H]1COC(C)(C)O1)[C@H]1O[C@@H]1C(=O)N(C)C. The number of ether oxygens (including phenoxy) is 3. The molecule has 2 aliphatic rings. The molecule has 218 valence electrons. The molecule has 2 saturated heterocycles. The fourth-order valence-corrected chi connectivity index (χ4v) is 7.34. The van der Waals surface area contributed by atoms with Gasteiger partial charge in [-0.05, 0) is 50.1 Å². The highest BCUT2D eigenvalue weighted by Gasteiger charge is 2.56. The van der Waals surface area contributed by atoms with Crippen LogP contribution in [-0.4, -0.2) is 84.5 Å². The highest BCUT2D eigenvalue weighted by Crippen LogP contribution is 2.45. The van der Waals surface area contributed by atoms with Gasteiger partial charge in [0.2, 0.25) is 0 Å². The van der Waals surface area contributed by atoms with E-state index in [1.807, 2.05) is 13.8 Å². The molecule has 1 amide bonds. The molecule has 7 atom stereocenters. The summed E-state index contributed by atoms with van der Waals surface area (Å²) in [6.45, 7) is 31.5. The molecule has 0 unspecified atom stereocenters. The maximum Gasteiger partial charge on any atom is 0.253 e. The van der Waals surface area contributed by atoms with E-state index in [4.69, 9.17) is 23.1 Å². The first-order chi connectivity index (χ1) is 16.4. The number of amides is 1. The molecule has 0 saturated carbocycles. The molecule has 2 heterocycles. The molecular formula is C28H57NO6Si2. The zero-order valence-corrected chi connectivity index (χ0v) is 28.6. The molecule has 0 spiro atoms. The summed E-state index contributed by atoms with van der Waals surface area (Å²) in [6, 6.07) is 0. The first kappa shape index (κ1) is 32.9. The van der Waals surface area contributed by atoms with Gasteiger partial charge in [0.25, 0.3) is 5.91 Å². The molecule has 0 bridgehead atoms. The molecule has 0 radical (unpaired) electrons. The predicted molar refractivity (Wildman–Crippen MR) is 155 cm³/mol. The highest BCUT2D eigenvalue weighted by molar-refractivity contribution is 6.74. The Morgan fingerprint density at radius 3 is 1.84 bits per heavy atom. The van der Waals surface area contributed by atoms with Gasteiger partial charge in [-0.25, -0.2) is 0 Å². The molecule has 0 aromatic carbocycles. The second-order valence-electron chi connectivity index (χ2n) is 15.0. The first-order valence-electron chi connectivity index (χ1n) is 14.0. The molecule has 7 nitrogen and oxygen atoms in total. The second kappa shape index (κ2) is 10.9. The largest absolute Gasteiger partial charge is 0.413 e. The number of epoxide rings is 1. The first-order valence-corrected chi connectivity index (χ1v) is 19.8. The van der Waals surface area contributed by atoms with Crippen LogP contribution in [-0.2, 0) is 27.9 Å². The Kier molecular flexibility index (Phi) is 9.73. The lowest BCUT2D eigenvalue weighted by molar-refractivity contribution is -0.157. The van der Waals surface area contributed by atoms with E-state index in [9.17, 15) is 4.79 Å². The number of rotatable bonds is 10. The van der Waals surface area contributed by atoms with E-state index >= 15 is 0 Å². The van der Waals surface area contributed by atoms with Gasteiger partial charge in [0.15, 0.2) is 28.5 Å². The van der Waals surface area contributed by atoms with Gasteiger partial charge in [0.1, 0.15) is 6.10 Å². The van der Waals surface area contributed by atoms with Crippen molar-refractivity contribution >= 4 is 22.5 Å². The van der Waals surface area contributed by atoms with Crippen LogP contribution in [0, 0.1) is 11.8 Å². The summed E-state index contributed by atoms with van der Waals surface area (Å²) in [7, 11) is -0.753. The number of carbonyl (C=O) groups is 1. The van der Waals surface area contributed by atoms with Gasteiger partial charge in [0, 0.05) is 25.9 Å². The number of hydrogen-bond donors (Lipinski definition) is 0. The van der Waals surface area contributed by atoms with Crippen molar-refractivity contribution in [1.82, 2.24) is 4.90 Å². The summed E-state index contributed by atoms with van der Waals surface area (Å²) in [6.07, 6.45) is -1.14. The van der Waals surface area contributed by atoms with Crippen LogP contribution < -0.4 is 0 Å². The molecule has 37 heavy (non-hydrogen) atoms. The molecule has 2 aliphatic heterocycles. The monoisotopic (exact) mass is 559 g/mol. The van der Waals surface area contributed by atoms with Crippen molar-refractivity contribution < 1.29 is 27.9 Å².